The van der Waals surface area contributed by atoms with Crippen LogP contribution in [0.4, 0.5) is 22.0 Å². The predicted molar refractivity (Wildman–Crippen MR) is 122 cm³/mol. The molecule has 0 amide bonds. The van der Waals surface area contributed by atoms with E-state index < -0.39 is 35.2 Å². The van der Waals surface area contributed by atoms with E-state index in [9.17, 15) is 22.0 Å². The maximum atomic E-state index is 14.7. The van der Waals surface area contributed by atoms with Crippen molar-refractivity contribution in [3.63, 3.8) is 0 Å². The van der Waals surface area contributed by atoms with E-state index in [2.05, 4.69) is 0 Å². The zero-order valence-corrected chi connectivity index (χ0v) is 19.6. The zero-order valence-electron chi connectivity index (χ0n) is 19.6. The van der Waals surface area contributed by atoms with Gasteiger partial charge in [-0.15, -0.1) is 0 Å². The van der Waals surface area contributed by atoms with Gasteiger partial charge in [-0.2, -0.15) is 8.78 Å². The first kappa shape index (κ1) is 25.2. The highest BCUT2D eigenvalue weighted by atomic mass is 19.3. The van der Waals surface area contributed by atoms with E-state index in [4.69, 9.17) is 4.74 Å². The number of hydrogen-bond acceptors (Lipinski definition) is 1. The molecule has 4 rings (SSSR count). The van der Waals surface area contributed by atoms with E-state index in [0.717, 1.165) is 62.6 Å². The molecule has 0 bridgehead atoms. The van der Waals surface area contributed by atoms with Gasteiger partial charge >= 0.3 is 6.11 Å². The van der Waals surface area contributed by atoms with Crippen LogP contribution < -0.4 is 0 Å². The van der Waals surface area contributed by atoms with Crippen LogP contribution in [-0.4, -0.2) is 6.10 Å². The molecular weight excluding hydrogens is 447 g/mol. The summed E-state index contributed by atoms with van der Waals surface area (Å²) in [4.78, 5) is 0. The molecule has 0 radical (unpaired) electrons. The number of benzene rings is 2. The maximum Gasteiger partial charge on any atom is 0.386 e. The summed E-state index contributed by atoms with van der Waals surface area (Å²) in [6, 6.07) is 7.63. The first-order chi connectivity index (χ1) is 16.2. The highest BCUT2D eigenvalue weighted by molar-refractivity contribution is 5.27. The van der Waals surface area contributed by atoms with Crippen LogP contribution in [0.25, 0.3) is 0 Å². The van der Waals surface area contributed by atoms with E-state index in [-0.39, 0.29) is 5.92 Å². The Hall–Kier alpha value is -1.95. The second-order valence-electron chi connectivity index (χ2n) is 10.1. The number of ether oxygens (including phenoxy) is 1. The van der Waals surface area contributed by atoms with Crippen molar-refractivity contribution in [2.24, 2.45) is 11.8 Å². The van der Waals surface area contributed by atoms with Gasteiger partial charge < -0.3 is 4.74 Å². The Kier molecular flexibility index (Phi) is 7.96. The lowest BCUT2D eigenvalue weighted by Crippen LogP contribution is -2.32. The number of aryl methyl sites for hydroxylation is 1. The van der Waals surface area contributed by atoms with E-state index >= 15 is 0 Å². The minimum absolute atomic E-state index is 0.165. The van der Waals surface area contributed by atoms with Gasteiger partial charge in [0.15, 0.2) is 0 Å². The Balaban J connectivity index is 1.27. The minimum Gasteiger partial charge on any atom is -0.313 e. The van der Waals surface area contributed by atoms with Crippen molar-refractivity contribution in [3.8, 4) is 0 Å². The molecule has 0 aliphatic heterocycles. The lowest BCUT2D eigenvalue weighted by Gasteiger charge is -2.38. The monoisotopic (exact) mass is 480 g/mol. The lowest BCUT2D eigenvalue weighted by atomic mass is 9.69. The Morgan fingerprint density at radius 1 is 0.794 bits per heavy atom. The molecule has 186 valence electrons. The van der Waals surface area contributed by atoms with Gasteiger partial charge in [0, 0.05) is 6.07 Å². The highest BCUT2D eigenvalue weighted by Gasteiger charge is 2.40. The van der Waals surface area contributed by atoms with Crippen LogP contribution in [0.5, 0.6) is 0 Å². The summed E-state index contributed by atoms with van der Waals surface area (Å²) in [6.07, 6.45) is 3.63. The summed E-state index contributed by atoms with van der Waals surface area (Å²) in [5.41, 5.74) is 0.740. The number of rotatable bonds is 7. The quantitative estimate of drug-likeness (QED) is 0.360. The van der Waals surface area contributed by atoms with Crippen molar-refractivity contribution in [1.82, 2.24) is 0 Å². The molecule has 0 spiro atoms. The second kappa shape index (κ2) is 10.8. The summed E-state index contributed by atoms with van der Waals surface area (Å²) < 4.78 is 76.0. The summed E-state index contributed by atoms with van der Waals surface area (Å²) >= 11 is 0. The van der Waals surface area contributed by atoms with Crippen molar-refractivity contribution < 1.29 is 26.7 Å². The molecule has 2 aromatic rings. The molecule has 2 fully saturated rings. The van der Waals surface area contributed by atoms with Crippen molar-refractivity contribution in [2.75, 3.05) is 0 Å². The molecule has 0 heterocycles. The number of halogens is 5. The van der Waals surface area contributed by atoms with Crippen molar-refractivity contribution in [2.45, 2.75) is 89.3 Å². The standard InChI is InChI=1S/C28H33F5O/c1-2-3-18-4-13-26(27(31)14-18)28(32,33)34-25-11-9-20(10-12-25)19-5-7-21(8-6-19)22-15-23(29)17-24(30)16-22/h4,13-17,19-21,25H,2-3,5-12H2,1H3. The van der Waals surface area contributed by atoms with Gasteiger partial charge in [-0.1, -0.05) is 19.4 Å². The largest absolute Gasteiger partial charge is 0.386 e. The first-order valence-corrected chi connectivity index (χ1v) is 12.6. The second-order valence-corrected chi connectivity index (χ2v) is 10.1. The fourth-order valence-electron chi connectivity index (χ4n) is 5.92. The molecule has 0 N–H and O–H groups in total. The van der Waals surface area contributed by atoms with Crippen LogP contribution >= 0.6 is 0 Å². The average Bonchev–Trinajstić information content (AvgIpc) is 2.79. The first-order valence-electron chi connectivity index (χ1n) is 12.6. The third-order valence-electron chi connectivity index (χ3n) is 7.71. The molecule has 6 heteroatoms. The lowest BCUT2D eigenvalue weighted by molar-refractivity contribution is -0.279. The normalized spacial score (nSPS) is 25.9. The van der Waals surface area contributed by atoms with Gasteiger partial charge in [0.05, 0.1) is 11.7 Å². The summed E-state index contributed by atoms with van der Waals surface area (Å²) in [6.45, 7) is 1.96. The predicted octanol–water partition coefficient (Wildman–Crippen LogP) is 8.66. The van der Waals surface area contributed by atoms with Crippen LogP contribution in [0.3, 0.4) is 0 Å². The topological polar surface area (TPSA) is 9.23 Å². The van der Waals surface area contributed by atoms with Gasteiger partial charge in [0.25, 0.3) is 0 Å². The molecule has 2 aromatic carbocycles. The minimum atomic E-state index is -3.65. The van der Waals surface area contributed by atoms with Crippen LogP contribution in [-0.2, 0) is 17.3 Å². The molecule has 0 unspecified atom stereocenters. The van der Waals surface area contributed by atoms with Crippen molar-refractivity contribution in [3.05, 3.63) is 70.5 Å². The zero-order chi connectivity index (χ0) is 24.3. The average molecular weight is 481 g/mol. The number of hydrogen-bond donors (Lipinski definition) is 0. The van der Waals surface area contributed by atoms with E-state index in [0.29, 0.717) is 36.7 Å². The maximum absolute atomic E-state index is 14.7. The van der Waals surface area contributed by atoms with Gasteiger partial charge in [0.1, 0.15) is 17.5 Å². The Bertz CT molecular complexity index is 939. The molecule has 0 saturated heterocycles. The third kappa shape index (κ3) is 5.99. The third-order valence-corrected chi connectivity index (χ3v) is 7.71. The Morgan fingerprint density at radius 2 is 1.38 bits per heavy atom. The van der Waals surface area contributed by atoms with Crippen LogP contribution in [0.15, 0.2) is 36.4 Å². The molecule has 2 aliphatic carbocycles. The fourth-order valence-corrected chi connectivity index (χ4v) is 5.92. The van der Waals surface area contributed by atoms with Crippen LogP contribution in [0, 0.1) is 29.3 Å². The van der Waals surface area contributed by atoms with Gasteiger partial charge in [-0.25, -0.2) is 13.2 Å². The van der Waals surface area contributed by atoms with E-state index in [1.165, 1.54) is 18.2 Å². The SMILES string of the molecule is CCCc1ccc(C(F)(F)OC2CCC(C3CCC(c4cc(F)cc(F)c4)CC3)CC2)c(F)c1. The van der Waals surface area contributed by atoms with Gasteiger partial charge in [-0.3, -0.25) is 0 Å². The van der Waals surface area contributed by atoms with Gasteiger partial charge in [-0.05, 0) is 111 Å². The molecule has 0 atom stereocenters. The van der Waals surface area contributed by atoms with Crippen LogP contribution in [0.2, 0.25) is 0 Å². The van der Waals surface area contributed by atoms with Crippen LogP contribution in [0.1, 0.15) is 87.3 Å². The Labute approximate surface area is 198 Å². The molecule has 34 heavy (non-hydrogen) atoms. The molecule has 2 aliphatic rings. The Morgan fingerprint density at radius 3 is 1.94 bits per heavy atom. The summed E-state index contributed by atoms with van der Waals surface area (Å²) in [5, 5.41) is 0. The van der Waals surface area contributed by atoms with Crippen molar-refractivity contribution in [1.29, 1.82) is 0 Å². The van der Waals surface area contributed by atoms with Gasteiger partial charge in [0.2, 0.25) is 0 Å². The smallest absolute Gasteiger partial charge is 0.313 e. The summed E-state index contributed by atoms with van der Waals surface area (Å²) in [7, 11) is 0. The summed E-state index contributed by atoms with van der Waals surface area (Å²) in [5.74, 6) is -0.880. The van der Waals surface area contributed by atoms with Crippen molar-refractivity contribution >= 4 is 0 Å². The molecule has 1 nitrogen and oxygen atoms in total. The number of alkyl halides is 2. The highest BCUT2D eigenvalue weighted by Crippen LogP contribution is 2.45. The molecule has 2 saturated carbocycles. The molecular formula is C28H33F5O. The van der Waals surface area contributed by atoms with E-state index in [1.807, 2.05) is 6.92 Å². The fraction of sp³-hybridized carbons (Fsp3) is 0.571. The molecule has 0 aromatic heterocycles. The van der Waals surface area contributed by atoms with E-state index in [1.54, 1.807) is 6.07 Å².